The standard InChI is InChI=1S/C18H25N3O6/c1-3-13-15(12(22)9-27-13)20-17(24)16(10(2)4-5-14(19)23)21-7-6-11(8-21)18(25)26/h6-8,10,13,15-16H,3-5,9H2,1-2H3,(H2,19,23)(H,20,24)(H,25,26). The second kappa shape index (κ2) is 8.81. The molecule has 1 aromatic heterocycles. The third-order valence-electron chi connectivity index (χ3n) is 4.79. The smallest absolute Gasteiger partial charge is 0.337 e. The summed E-state index contributed by atoms with van der Waals surface area (Å²) in [5.41, 5.74) is 5.24. The highest BCUT2D eigenvalue weighted by atomic mass is 16.5. The molecule has 1 fully saturated rings. The van der Waals surface area contributed by atoms with Gasteiger partial charge in [0.2, 0.25) is 11.8 Å². The van der Waals surface area contributed by atoms with Gasteiger partial charge in [0.15, 0.2) is 5.78 Å². The van der Waals surface area contributed by atoms with Crippen molar-refractivity contribution in [1.29, 1.82) is 0 Å². The molecule has 148 valence electrons. The molecule has 0 bridgehead atoms. The average molecular weight is 379 g/mol. The van der Waals surface area contributed by atoms with E-state index in [1.165, 1.54) is 23.0 Å². The number of nitrogens with one attached hydrogen (secondary N) is 1. The van der Waals surface area contributed by atoms with Crippen molar-refractivity contribution in [2.75, 3.05) is 6.61 Å². The lowest BCUT2D eigenvalue weighted by atomic mass is 9.94. The van der Waals surface area contributed by atoms with Gasteiger partial charge in [0.1, 0.15) is 18.7 Å². The molecule has 2 heterocycles. The number of carboxylic acid groups (broad SMARTS) is 1. The molecule has 2 rings (SSSR count). The number of rotatable bonds is 9. The summed E-state index contributed by atoms with van der Waals surface area (Å²) in [7, 11) is 0. The third kappa shape index (κ3) is 4.94. The number of aromatic carboxylic acids is 1. The molecule has 4 N–H and O–H groups in total. The Morgan fingerprint density at radius 2 is 2.15 bits per heavy atom. The summed E-state index contributed by atoms with van der Waals surface area (Å²) >= 11 is 0. The van der Waals surface area contributed by atoms with Crippen LogP contribution in [0.25, 0.3) is 0 Å². The minimum atomic E-state index is -1.11. The van der Waals surface area contributed by atoms with Crippen molar-refractivity contribution in [3.8, 4) is 0 Å². The molecular weight excluding hydrogens is 354 g/mol. The van der Waals surface area contributed by atoms with Gasteiger partial charge in [0.05, 0.1) is 11.7 Å². The topological polar surface area (TPSA) is 141 Å². The summed E-state index contributed by atoms with van der Waals surface area (Å²) in [6.07, 6.45) is 3.49. The minimum Gasteiger partial charge on any atom is -0.478 e. The summed E-state index contributed by atoms with van der Waals surface area (Å²) < 4.78 is 6.87. The Hall–Kier alpha value is -2.68. The SMILES string of the molecule is CCC1OCC(=O)C1NC(=O)C(C(C)CCC(N)=O)n1ccc(C(=O)O)c1. The highest BCUT2D eigenvalue weighted by Crippen LogP contribution is 2.25. The number of carboxylic acids is 1. The van der Waals surface area contributed by atoms with E-state index in [0.29, 0.717) is 12.8 Å². The number of amides is 2. The van der Waals surface area contributed by atoms with Crippen LogP contribution in [0.2, 0.25) is 0 Å². The second-order valence-corrected chi connectivity index (χ2v) is 6.79. The largest absolute Gasteiger partial charge is 0.478 e. The van der Waals surface area contributed by atoms with E-state index in [0.717, 1.165) is 0 Å². The molecular formula is C18H25N3O6. The molecule has 0 aliphatic carbocycles. The number of carbonyl (C=O) groups is 4. The lowest BCUT2D eigenvalue weighted by Gasteiger charge is -2.27. The van der Waals surface area contributed by atoms with Crippen molar-refractivity contribution in [3.05, 3.63) is 24.0 Å². The van der Waals surface area contributed by atoms with Gasteiger partial charge >= 0.3 is 5.97 Å². The molecule has 2 amide bonds. The Bertz CT molecular complexity index is 728. The van der Waals surface area contributed by atoms with Crippen LogP contribution in [0.15, 0.2) is 18.5 Å². The van der Waals surface area contributed by atoms with Crippen LogP contribution in [0.4, 0.5) is 0 Å². The van der Waals surface area contributed by atoms with Crippen molar-refractivity contribution in [2.24, 2.45) is 11.7 Å². The normalized spacial score (nSPS) is 21.6. The fourth-order valence-corrected chi connectivity index (χ4v) is 3.28. The zero-order chi connectivity index (χ0) is 20.1. The zero-order valence-electron chi connectivity index (χ0n) is 15.4. The van der Waals surface area contributed by atoms with Crippen LogP contribution in [0.1, 0.15) is 49.5 Å². The maximum Gasteiger partial charge on any atom is 0.337 e. The van der Waals surface area contributed by atoms with Crippen LogP contribution in [0, 0.1) is 5.92 Å². The molecule has 9 heteroatoms. The highest BCUT2D eigenvalue weighted by Gasteiger charge is 2.38. The Morgan fingerprint density at radius 3 is 2.70 bits per heavy atom. The molecule has 0 radical (unpaired) electrons. The monoisotopic (exact) mass is 379 g/mol. The van der Waals surface area contributed by atoms with E-state index in [1.807, 2.05) is 6.92 Å². The fourth-order valence-electron chi connectivity index (χ4n) is 3.28. The number of aromatic nitrogens is 1. The molecule has 1 aliphatic rings. The van der Waals surface area contributed by atoms with Crippen LogP contribution in [-0.4, -0.2) is 52.0 Å². The summed E-state index contributed by atoms with van der Waals surface area (Å²) in [5, 5.41) is 11.9. The molecule has 0 spiro atoms. The summed E-state index contributed by atoms with van der Waals surface area (Å²) in [6.45, 7) is 3.59. The number of nitrogens with zero attached hydrogens (tertiary/aromatic N) is 1. The molecule has 9 nitrogen and oxygen atoms in total. The molecule has 0 saturated carbocycles. The van der Waals surface area contributed by atoms with Gasteiger partial charge in [0.25, 0.3) is 0 Å². The number of hydrogen-bond donors (Lipinski definition) is 3. The molecule has 0 aromatic carbocycles. The first kappa shape index (κ1) is 20.6. The summed E-state index contributed by atoms with van der Waals surface area (Å²) in [4.78, 5) is 47.3. The number of nitrogens with two attached hydrogens (primary N) is 1. The van der Waals surface area contributed by atoms with Gasteiger partial charge in [-0.1, -0.05) is 13.8 Å². The van der Waals surface area contributed by atoms with Crippen LogP contribution in [0.5, 0.6) is 0 Å². The fraction of sp³-hybridized carbons (Fsp3) is 0.556. The van der Waals surface area contributed by atoms with Gasteiger partial charge in [0, 0.05) is 18.8 Å². The number of ether oxygens (including phenoxy) is 1. The Kier molecular flexibility index (Phi) is 6.73. The van der Waals surface area contributed by atoms with E-state index in [9.17, 15) is 19.2 Å². The first-order valence-corrected chi connectivity index (χ1v) is 8.88. The molecule has 4 atom stereocenters. The summed E-state index contributed by atoms with van der Waals surface area (Å²) in [6, 6.07) is -0.131. The zero-order valence-corrected chi connectivity index (χ0v) is 15.4. The van der Waals surface area contributed by atoms with Gasteiger partial charge in [-0.2, -0.15) is 0 Å². The van der Waals surface area contributed by atoms with Gasteiger partial charge in [-0.15, -0.1) is 0 Å². The minimum absolute atomic E-state index is 0.0432. The predicted octanol–water partition coefficient (Wildman–Crippen LogP) is 0.492. The summed E-state index contributed by atoms with van der Waals surface area (Å²) in [5.74, 6) is -2.53. The van der Waals surface area contributed by atoms with Crippen molar-refractivity contribution in [3.63, 3.8) is 0 Å². The van der Waals surface area contributed by atoms with Gasteiger partial charge in [-0.25, -0.2) is 4.79 Å². The van der Waals surface area contributed by atoms with E-state index < -0.39 is 29.9 Å². The van der Waals surface area contributed by atoms with Crippen LogP contribution >= 0.6 is 0 Å². The Labute approximate surface area is 156 Å². The van der Waals surface area contributed by atoms with Crippen molar-refractivity contribution >= 4 is 23.6 Å². The molecule has 27 heavy (non-hydrogen) atoms. The number of hydrogen-bond acceptors (Lipinski definition) is 5. The van der Waals surface area contributed by atoms with E-state index in [1.54, 1.807) is 6.92 Å². The number of carbonyl (C=O) groups excluding carboxylic acids is 3. The second-order valence-electron chi connectivity index (χ2n) is 6.79. The Balaban J connectivity index is 2.24. The van der Waals surface area contributed by atoms with E-state index in [4.69, 9.17) is 15.6 Å². The van der Waals surface area contributed by atoms with Crippen LogP contribution in [0.3, 0.4) is 0 Å². The van der Waals surface area contributed by atoms with Gasteiger partial charge in [-0.05, 0) is 24.8 Å². The van der Waals surface area contributed by atoms with E-state index in [2.05, 4.69) is 5.32 Å². The van der Waals surface area contributed by atoms with Gasteiger partial charge < -0.3 is 25.5 Å². The number of Topliss-reactive ketones (excluding diaryl/α,β-unsaturated/α-hetero) is 1. The maximum atomic E-state index is 13.0. The first-order valence-electron chi connectivity index (χ1n) is 8.88. The lowest BCUT2D eigenvalue weighted by Crippen LogP contribution is -2.48. The first-order chi connectivity index (χ1) is 12.7. The predicted molar refractivity (Wildman–Crippen MR) is 95.0 cm³/mol. The van der Waals surface area contributed by atoms with Crippen LogP contribution < -0.4 is 11.1 Å². The van der Waals surface area contributed by atoms with E-state index >= 15 is 0 Å². The highest BCUT2D eigenvalue weighted by molar-refractivity contribution is 5.93. The molecule has 1 aromatic rings. The molecule has 1 aliphatic heterocycles. The van der Waals surface area contributed by atoms with Gasteiger partial charge in [-0.3, -0.25) is 14.4 Å². The lowest BCUT2D eigenvalue weighted by molar-refractivity contribution is -0.130. The van der Waals surface area contributed by atoms with Crippen LogP contribution in [-0.2, 0) is 19.1 Å². The van der Waals surface area contributed by atoms with Crippen molar-refractivity contribution in [2.45, 2.75) is 51.3 Å². The molecule has 4 unspecified atom stereocenters. The third-order valence-corrected chi connectivity index (χ3v) is 4.79. The van der Waals surface area contributed by atoms with E-state index in [-0.39, 0.29) is 36.4 Å². The number of ketones is 1. The maximum absolute atomic E-state index is 13.0. The number of primary amides is 1. The quantitative estimate of drug-likeness (QED) is 0.570. The van der Waals surface area contributed by atoms with Crippen molar-refractivity contribution < 1.29 is 29.0 Å². The molecule has 1 saturated heterocycles. The van der Waals surface area contributed by atoms with Crippen molar-refractivity contribution in [1.82, 2.24) is 9.88 Å². The average Bonchev–Trinajstić information content (AvgIpc) is 3.21. The Morgan fingerprint density at radius 1 is 1.44 bits per heavy atom.